The van der Waals surface area contributed by atoms with Gasteiger partial charge in [0.1, 0.15) is 0 Å². The number of rotatable bonds is 2. The van der Waals surface area contributed by atoms with Crippen LogP contribution in [-0.2, 0) is 13.3 Å². The fourth-order valence-electron chi connectivity index (χ4n) is 1.88. The Labute approximate surface area is 90.9 Å². The van der Waals surface area contributed by atoms with E-state index in [0.29, 0.717) is 32.3 Å². The smallest absolute Gasteiger partial charge is 0.372 e. The number of hydrogen-bond donors (Lipinski definition) is 0. The van der Waals surface area contributed by atoms with E-state index in [-0.39, 0.29) is 0 Å². The molecular weight excluding hydrogens is 212 g/mol. The number of hydrogen-bond acceptors (Lipinski definition) is 5. The predicted octanol–water partition coefficient (Wildman–Crippen LogP) is 0.218. The van der Waals surface area contributed by atoms with Crippen molar-refractivity contribution in [1.82, 2.24) is 4.90 Å². The van der Waals surface area contributed by atoms with E-state index in [1.807, 2.05) is 0 Å². The second kappa shape index (κ2) is 5.05. The van der Waals surface area contributed by atoms with Crippen LogP contribution >= 0.6 is 0 Å². The lowest BCUT2D eigenvalue weighted by Crippen LogP contribution is -2.54. The van der Waals surface area contributed by atoms with Gasteiger partial charge in [-0.2, -0.15) is 5.26 Å². The molecular formula is C9H16N2O3Si. The van der Waals surface area contributed by atoms with E-state index in [1.165, 1.54) is 0 Å². The molecule has 84 valence electrons. The first-order chi connectivity index (χ1) is 7.35. The van der Waals surface area contributed by atoms with Crippen LogP contribution in [0.4, 0.5) is 0 Å². The summed E-state index contributed by atoms with van der Waals surface area (Å²) in [5, 5.41) is 8.61. The number of nitriles is 1. The van der Waals surface area contributed by atoms with Crippen molar-refractivity contribution in [3.8, 4) is 6.07 Å². The molecule has 6 heteroatoms. The standard InChI is InChI=1S/C9H16N2O3Si/c10-2-1-9-15-12-6-3-11(4-7-13-15)5-8-14-15/h1,3-9H2. The van der Waals surface area contributed by atoms with E-state index >= 15 is 0 Å². The minimum absolute atomic E-state index is 0.454. The first-order valence-electron chi connectivity index (χ1n) is 5.36. The third-order valence-electron chi connectivity index (χ3n) is 2.73. The molecule has 3 heterocycles. The molecule has 3 saturated heterocycles. The van der Waals surface area contributed by atoms with Crippen LogP contribution in [0.1, 0.15) is 6.42 Å². The molecule has 0 aromatic carbocycles. The van der Waals surface area contributed by atoms with E-state index in [9.17, 15) is 0 Å². The molecule has 3 aliphatic rings. The first kappa shape index (κ1) is 11.0. The molecule has 0 amide bonds. The quantitative estimate of drug-likeness (QED) is 0.633. The molecule has 0 atom stereocenters. The van der Waals surface area contributed by atoms with Gasteiger partial charge in [0.15, 0.2) is 0 Å². The molecule has 0 aromatic rings. The van der Waals surface area contributed by atoms with Gasteiger partial charge in [-0.15, -0.1) is 0 Å². The van der Waals surface area contributed by atoms with Crippen LogP contribution in [-0.4, -0.2) is 53.2 Å². The van der Waals surface area contributed by atoms with Crippen LogP contribution in [0.15, 0.2) is 0 Å². The molecule has 3 rings (SSSR count). The van der Waals surface area contributed by atoms with Gasteiger partial charge in [0.25, 0.3) is 0 Å². The highest BCUT2D eigenvalue weighted by Gasteiger charge is 2.43. The van der Waals surface area contributed by atoms with Crippen LogP contribution in [0.2, 0.25) is 6.04 Å². The van der Waals surface area contributed by atoms with Gasteiger partial charge in [0, 0.05) is 32.1 Å². The maximum absolute atomic E-state index is 8.61. The van der Waals surface area contributed by atoms with E-state index < -0.39 is 8.80 Å². The summed E-state index contributed by atoms with van der Waals surface area (Å²) in [7, 11) is -2.50. The van der Waals surface area contributed by atoms with Crippen molar-refractivity contribution in [1.29, 1.82) is 5.26 Å². The molecule has 0 unspecified atom stereocenters. The second-order valence-electron chi connectivity index (χ2n) is 3.73. The predicted molar refractivity (Wildman–Crippen MR) is 55.1 cm³/mol. The largest absolute Gasteiger partial charge is 0.502 e. The van der Waals surface area contributed by atoms with Gasteiger partial charge in [0.05, 0.1) is 25.9 Å². The fourth-order valence-corrected chi connectivity index (χ4v) is 4.18. The summed E-state index contributed by atoms with van der Waals surface area (Å²) >= 11 is 0. The lowest BCUT2D eigenvalue weighted by molar-refractivity contribution is -0.00802. The molecule has 3 fully saturated rings. The van der Waals surface area contributed by atoms with E-state index in [0.717, 1.165) is 19.6 Å². The Balaban J connectivity index is 2.02. The minimum Gasteiger partial charge on any atom is -0.372 e. The highest BCUT2D eigenvalue weighted by Crippen LogP contribution is 2.21. The summed E-state index contributed by atoms with van der Waals surface area (Å²) in [6, 6.07) is 2.76. The van der Waals surface area contributed by atoms with Gasteiger partial charge in [-0.05, 0) is 0 Å². The lowest BCUT2D eigenvalue weighted by atomic mass is 10.4. The maximum atomic E-state index is 8.61. The molecule has 0 spiro atoms. The fraction of sp³-hybridized carbons (Fsp3) is 0.889. The van der Waals surface area contributed by atoms with Crippen LogP contribution < -0.4 is 0 Å². The molecule has 15 heavy (non-hydrogen) atoms. The van der Waals surface area contributed by atoms with Crippen LogP contribution in [0, 0.1) is 11.3 Å². The highest BCUT2D eigenvalue weighted by atomic mass is 28.4. The van der Waals surface area contributed by atoms with E-state index in [2.05, 4.69) is 11.0 Å². The summed E-state index contributed by atoms with van der Waals surface area (Å²) in [6.07, 6.45) is 0.454. The first-order valence-corrected chi connectivity index (χ1v) is 7.29. The Bertz CT molecular complexity index is 230. The maximum Gasteiger partial charge on any atom is 0.502 e. The zero-order chi connectivity index (χ0) is 10.6. The Morgan fingerprint density at radius 3 is 2.07 bits per heavy atom. The average Bonchev–Trinajstić information content (AvgIpc) is 2.14. The van der Waals surface area contributed by atoms with Crippen molar-refractivity contribution >= 4 is 8.80 Å². The molecule has 0 aliphatic carbocycles. The molecule has 0 aromatic heterocycles. The van der Waals surface area contributed by atoms with E-state index in [1.54, 1.807) is 0 Å². The monoisotopic (exact) mass is 228 g/mol. The topological polar surface area (TPSA) is 54.7 Å². The van der Waals surface area contributed by atoms with Crippen LogP contribution in [0.5, 0.6) is 0 Å². The van der Waals surface area contributed by atoms with Gasteiger partial charge < -0.3 is 13.3 Å². The molecule has 3 aliphatic heterocycles. The molecule has 5 nitrogen and oxygen atoms in total. The van der Waals surface area contributed by atoms with Gasteiger partial charge in [0.2, 0.25) is 0 Å². The summed E-state index contributed by atoms with van der Waals surface area (Å²) in [4.78, 5) is 2.28. The van der Waals surface area contributed by atoms with Gasteiger partial charge in [-0.3, -0.25) is 4.90 Å². The summed E-state index contributed by atoms with van der Waals surface area (Å²) in [6.45, 7) is 4.85. The summed E-state index contributed by atoms with van der Waals surface area (Å²) < 4.78 is 17.2. The number of fused-ring (bicyclic) bond motifs is 6. The molecule has 0 saturated carbocycles. The van der Waals surface area contributed by atoms with Crippen LogP contribution in [0.25, 0.3) is 0 Å². The van der Waals surface area contributed by atoms with E-state index in [4.69, 9.17) is 18.5 Å². The zero-order valence-electron chi connectivity index (χ0n) is 8.78. The SMILES string of the molecule is N#CCC[Si]12OCCN(CCO1)CCO2. The molecule has 0 N–H and O–H groups in total. The third kappa shape index (κ3) is 2.77. The highest BCUT2D eigenvalue weighted by molar-refractivity contribution is 6.60. The summed E-state index contributed by atoms with van der Waals surface area (Å²) in [5.74, 6) is 0. The Morgan fingerprint density at radius 1 is 1.07 bits per heavy atom. The van der Waals surface area contributed by atoms with Crippen molar-refractivity contribution in [2.45, 2.75) is 12.5 Å². The van der Waals surface area contributed by atoms with Crippen molar-refractivity contribution in [3.05, 3.63) is 0 Å². The normalized spacial score (nSPS) is 36.3. The number of nitrogens with zero attached hydrogens (tertiary/aromatic N) is 2. The molecule has 0 radical (unpaired) electrons. The molecule has 2 bridgehead atoms. The third-order valence-corrected chi connectivity index (χ3v) is 5.53. The van der Waals surface area contributed by atoms with Gasteiger partial charge in [-0.25, -0.2) is 0 Å². The lowest BCUT2D eigenvalue weighted by Gasteiger charge is -2.37. The average molecular weight is 228 g/mol. The Morgan fingerprint density at radius 2 is 1.60 bits per heavy atom. The van der Waals surface area contributed by atoms with Gasteiger partial charge in [-0.1, -0.05) is 0 Å². The summed E-state index contributed by atoms with van der Waals surface area (Å²) in [5.41, 5.74) is 0. The van der Waals surface area contributed by atoms with Gasteiger partial charge >= 0.3 is 8.80 Å². The van der Waals surface area contributed by atoms with Crippen molar-refractivity contribution in [2.24, 2.45) is 0 Å². The van der Waals surface area contributed by atoms with Crippen molar-refractivity contribution < 1.29 is 13.3 Å². The van der Waals surface area contributed by atoms with Crippen molar-refractivity contribution in [2.75, 3.05) is 39.5 Å². The van der Waals surface area contributed by atoms with Crippen LogP contribution in [0.3, 0.4) is 0 Å². The van der Waals surface area contributed by atoms with Crippen molar-refractivity contribution in [3.63, 3.8) is 0 Å². The zero-order valence-corrected chi connectivity index (χ0v) is 9.78. The second-order valence-corrected chi connectivity index (χ2v) is 6.46. The minimum atomic E-state index is -2.50. The Kier molecular flexibility index (Phi) is 3.72. The Hall–Kier alpha value is -0.453.